The predicted octanol–water partition coefficient (Wildman–Crippen LogP) is 2.38. The summed E-state index contributed by atoms with van der Waals surface area (Å²) in [5, 5.41) is 4.84. The van der Waals surface area contributed by atoms with Gasteiger partial charge in [-0.2, -0.15) is 4.68 Å². The largest absolute Gasteiger partial charge is 0.485 e. The number of aromatic nitrogens is 3. The summed E-state index contributed by atoms with van der Waals surface area (Å²) < 4.78 is 16.7. The number of allylic oxidation sites excluding steroid dienone is 1. The maximum Gasteiger partial charge on any atom is 0.203 e. The Bertz CT molecular complexity index is 867. The first-order valence-electron chi connectivity index (χ1n) is 9.66. The van der Waals surface area contributed by atoms with Crippen molar-refractivity contribution >= 4 is 12.2 Å². The lowest BCUT2D eigenvalue weighted by Crippen LogP contribution is -3.12. The number of hydrogen-bond acceptors (Lipinski definition) is 4. The molecule has 1 aromatic heterocycles. The van der Waals surface area contributed by atoms with Crippen molar-refractivity contribution in [3.05, 3.63) is 47.5 Å². The molecule has 0 unspecified atom stereocenters. The molecule has 3 heterocycles. The van der Waals surface area contributed by atoms with Crippen LogP contribution >= 0.6 is 12.2 Å². The van der Waals surface area contributed by atoms with Gasteiger partial charge in [0.05, 0.1) is 13.1 Å². The molecule has 1 fully saturated rings. The highest BCUT2D eigenvalue weighted by atomic mass is 32.1. The van der Waals surface area contributed by atoms with E-state index >= 15 is 0 Å². The minimum atomic E-state index is -0.279. The zero-order valence-electron chi connectivity index (χ0n) is 15.8. The number of fused-ring (bicyclic) bond motifs is 1. The summed E-state index contributed by atoms with van der Waals surface area (Å²) in [6, 6.07) is 7.73. The van der Waals surface area contributed by atoms with Crippen LogP contribution in [0.5, 0.6) is 11.5 Å². The van der Waals surface area contributed by atoms with Crippen molar-refractivity contribution in [1.82, 2.24) is 14.3 Å². The molecule has 1 atom stereocenters. The van der Waals surface area contributed by atoms with Crippen LogP contribution in [-0.2, 0) is 13.2 Å². The molecule has 0 aliphatic carbocycles. The average Bonchev–Trinajstić information content (AvgIpc) is 2.99. The van der Waals surface area contributed by atoms with Crippen molar-refractivity contribution in [2.75, 3.05) is 19.7 Å². The number of nitrogens with zero attached hydrogens (tertiary/aromatic N) is 3. The maximum atomic E-state index is 6.17. The van der Waals surface area contributed by atoms with Crippen molar-refractivity contribution in [3.63, 3.8) is 0 Å². The van der Waals surface area contributed by atoms with Crippen LogP contribution in [0.4, 0.5) is 0 Å². The summed E-state index contributed by atoms with van der Waals surface area (Å²) >= 11 is 5.72. The first-order chi connectivity index (χ1) is 13.2. The molecular weight excluding hydrogens is 360 g/mol. The highest BCUT2D eigenvalue weighted by molar-refractivity contribution is 7.71. The second kappa shape index (κ2) is 7.86. The van der Waals surface area contributed by atoms with E-state index in [0.29, 0.717) is 13.2 Å². The fraction of sp³-hybridized carbons (Fsp3) is 0.500. The van der Waals surface area contributed by atoms with E-state index in [1.807, 2.05) is 39.6 Å². The smallest absolute Gasteiger partial charge is 0.203 e. The number of benzene rings is 1. The predicted molar refractivity (Wildman–Crippen MR) is 106 cm³/mol. The molecular formula is C20H27N4O2S+. The quantitative estimate of drug-likeness (QED) is 0.632. The van der Waals surface area contributed by atoms with Crippen molar-refractivity contribution in [1.29, 1.82) is 0 Å². The van der Waals surface area contributed by atoms with E-state index in [-0.39, 0.29) is 6.10 Å². The van der Waals surface area contributed by atoms with Crippen LogP contribution in [0, 0.1) is 10.7 Å². The lowest BCUT2D eigenvalue weighted by atomic mass is 10.00. The van der Waals surface area contributed by atoms with E-state index in [2.05, 4.69) is 13.5 Å². The van der Waals surface area contributed by atoms with Crippen LogP contribution in [-0.4, -0.2) is 34.0 Å². The molecule has 4 rings (SSSR count). The normalized spacial score (nSPS) is 24.6. The van der Waals surface area contributed by atoms with E-state index in [4.69, 9.17) is 26.8 Å². The van der Waals surface area contributed by atoms with Crippen LogP contribution in [0.3, 0.4) is 0 Å². The molecule has 1 aromatic carbocycles. The fourth-order valence-electron chi connectivity index (χ4n) is 3.79. The van der Waals surface area contributed by atoms with Gasteiger partial charge in [0.1, 0.15) is 6.61 Å². The Morgan fingerprint density at radius 1 is 1.30 bits per heavy atom. The van der Waals surface area contributed by atoms with Gasteiger partial charge in [0, 0.05) is 6.54 Å². The monoisotopic (exact) mass is 387 g/mol. The molecule has 0 bridgehead atoms. The van der Waals surface area contributed by atoms with Gasteiger partial charge < -0.3 is 14.4 Å². The Labute approximate surface area is 165 Å². The Kier molecular flexibility index (Phi) is 5.31. The molecule has 7 heteroatoms. The fourth-order valence-corrected chi connectivity index (χ4v) is 4.06. The third-order valence-corrected chi connectivity index (χ3v) is 5.85. The van der Waals surface area contributed by atoms with Crippen LogP contribution in [0.1, 0.15) is 31.7 Å². The minimum absolute atomic E-state index is 0.279. The first kappa shape index (κ1) is 18.3. The van der Waals surface area contributed by atoms with Crippen molar-refractivity contribution in [3.8, 4) is 11.5 Å². The standard InChI is InChI=1S/C20H26N4O2S/c1-3-10-23-19(18-13-25-16-6-4-5-7-17(16)26-18)21-24(20(23)27)14-22-11-8-15(2)9-12-22/h3-7,15,18H,1,8-14H2,2H3/p+1/t18-/m0/s1. The molecule has 1 saturated heterocycles. The number of rotatable bonds is 5. The van der Waals surface area contributed by atoms with Crippen LogP contribution in [0.25, 0.3) is 0 Å². The maximum absolute atomic E-state index is 6.17. The first-order valence-corrected chi connectivity index (χ1v) is 10.1. The second-order valence-corrected chi connectivity index (χ2v) is 7.86. The molecule has 144 valence electrons. The Morgan fingerprint density at radius 3 is 2.78 bits per heavy atom. The molecule has 1 N–H and O–H groups in total. The molecule has 27 heavy (non-hydrogen) atoms. The zero-order chi connectivity index (χ0) is 18.8. The average molecular weight is 388 g/mol. The van der Waals surface area contributed by atoms with Crippen LogP contribution in [0.2, 0.25) is 0 Å². The van der Waals surface area contributed by atoms with E-state index in [1.165, 1.54) is 30.8 Å². The van der Waals surface area contributed by atoms with Crippen LogP contribution in [0.15, 0.2) is 36.9 Å². The molecule has 2 aliphatic heterocycles. The van der Waals surface area contributed by atoms with Gasteiger partial charge in [-0.25, -0.2) is 0 Å². The van der Waals surface area contributed by atoms with Crippen molar-refractivity contribution in [2.24, 2.45) is 5.92 Å². The lowest BCUT2D eigenvalue weighted by molar-refractivity contribution is -0.929. The van der Waals surface area contributed by atoms with Gasteiger partial charge in [-0.15, -0.1) is 11.7 Å². The number of ether oxygens (including phenoxy) is 2. The van der Waals surface area contributed by atoms with E-state index in [9.17, 15) is 0 Å². The van der Waals surface area contributed by atoms with Gasteiger partial charge in [0.2, 0.25) is 4.77 Å². The minimum Gasteiger partial charge on any atom is -0.485 e. The van der Waals surface area contributed by atoms with Gasteiger partial charge >= 0.3 is 0 Å². The molecule has 0 amide bonds. The number of para-hydroxylation sites is 2. The summed E-state index contributed by atoms with van der Waals surface area (Å²) in [4.78, 5) is 1.53. The van der Waals surface area contributed by atoms with Gasteiger partial charge in [-0.05, 0) is 43.1 Å². The molecule has 0 spiro atoms. The van der Waals surface area contributed by atoms with Crippen LogP contribution < -0.4 is 14.4 Å². The van der Waals surface area contributed by atoms with Crippen molar-refractivity contribution < 1.29 is 14.4 Å². The molecule has 2 aromatic rings. The zero-order valence-corrected chi connectivity index (χ0v) is 16.6. The summed E-state index contributed by atoms with van der Waals surface area (Å²) in [6.07, 6.45) is 4.09. The molecule has 0 radical (unpaired) electrons. The number of quaternary nitrogens is 1. The van der Waals surface area contributed by atoms with Gasteiger partial charge in [-0.1, -0.05) is 25.1 Å². The van der Waals surface area contributed by atoms with Gasteiger partial charge in [0.25, 0.3) is 0 Å². The van der Waals surface area contributed by atoms with E-state index < -0.39 is 0 Å². The Hall–Kier alpha value is -2.12. The van der Waals surface area contributed by atoms with E-state index in [0.717, 1.165) is 34.7 Å². The lowest BCUT2D eigenvalue weighted by Gasteiger charge is -2.27. The summed E-state index contributed by atoms with van der Waals surface area (Å²) in [5.41, 5.74) is 0. The number of piperidine rings is 1. The van der Waals surface area contributed by atoms with E-state index in [1.54, 1.807) is 0 Å². The summed E-state index contributed by atoms with van der Waals surface area (Å²) in [7, 11) is 0. The summed E-state index contributed by atoms with van der Waals surface area (Å²) in [6.45, 7) is 10.4. The summed E-state index contributed by atoms with van der Waals surface area (Å²) in [5.74, 6) is 3.14. The number of nitrogens with one attached hydrogen (secondary N) is 1. The molecule has 0 saturated carbocycles. The van der Waals surface area contributed by atoms with Crippen molar-refractivity contribution in [2.45, 2.75) is 39.1 Å². The SMILES string of the molecule is C=CCn1c([C@@H]2COc3ccccc3O2)nn(C[NH+]2CCC(C)CC2)c1=S. The van der Waals surface area contributed by atoms with Gasteiger partial charge in [0.15, 0.2) is 30.1 Å². The second-order valence-electron chi connectivity index (χ2n) is 7.49. The Balaban J connectivity index is 1.59. The molecule has 2 aliphatic rings. The third-order valence-electron chi connectivity index (χ3n) is 5.41. The Morgan fingerprint density at radius 2 is 2.04 bits per heavy atom. The third kappa shape index (κ3) is 3.80. The molecule has 6 nitrogen and oxygen atoms in total. The highest BCUT2D eigenvalue weighted by Crippen LogP contribution is 2.35. The number of likely N-dealkylation sites (tertiary alicyclic amines) is 1. The van der Waals surface area contributed by atoms with Gasteiger partial charge in [-0.3, -0.25) is 4.57 Å². The topological polar surface area (TPSA) is 45.6 Å². The number of hydrogen-bond donors (Lipinski definition) is 1. The highest BCUT2D eigenvalue weighted by Gasteiger charge is 2.29.